The third kappa shape index (κ3) is 1.72. The van der Waals surface area contributed by atoms with Crippen LogP contribution in [-0.4, -0.2) is 18.2 Å². The van der Waals surface area contributed by atoms with Gasteiger partial charge in [-0.15, -0.1) is 0 Å². The van der Waals surface area contributed by atoms with Gasteiger partial charge < -0.3 is 4.90 Å². The molecule has 15 heavy (non-hydrogen) atoms. The average molecular weight is 228 g/mol. The first-order valence-electron chi connectivity index (χ1n) is 4.39. The second-order valence-corrected chi connectivity index (χ2v) is 3.66. The first kappa shape index (κ1) is 10.1. The van der Waals surface area contributed by atoms with Crippen LogP contribution in [0.25, 0.3) is 0 Å². The van der Waals surface area contributed by atoms with Crippen molar-refractivity contribution in [1.82, 2.24) is 0 Å². The van der Waals surface area contributed by atoms with E-state index in [9.17, 15) is 14.0 Å². The number of carbonyl (C=O) groups excluding carboxylic acids is 2. The van der Waals surface area contributed by atoms with Crippen LogP contribution in [0.15, 0.2) is 18.2 Å². The Hall–Kier alpha value is -1.42. The van der Waals surface area contributed by atoms with Gasteiger partial charge in [0.2, 0.25) is 5.78 Å². The summed E-state index contributed by atoms with van der Waals surface area (Å²) in [6.45, 7) is 0.232. The molecule has 0 spiro atoms. The van der Waals surface area contributed by atoms with E-state index in [4.69, 9.17) is 11.6 Å². The highest BCUT2D eigenvalue weighted by Gasteiger charge is 2.31. The standard InChI is InChI=1S/C10H7ClFNO2/c11-6-1-2-8(7(12)5-6)13-4-3-9(14)10(13)15/h1-2,5H,3-4H2. The summed E-state index contributed by atoms with van der Waals surface area (Å²) in [5, 5.41) is 0.259. The minimum atomic E-state index is -0.656. The Morgan fingerprint density at radius 1 is 1.33 bits per heavy atom. The first-order valence-corrected chi connectivity index (χ1v) is 4.77. The molecular weight excluding hydrogens is 221 g/mol. The Morgan fingerprint density at radius 2 is 2.07 bits per heavy atom. The molecule has 0 unspecified atom stereocenters. The maximum absolute atomic E-state index is 13.4. The second-order valence-electron chi connectivity index (χ2n) is 3.23. The lowest BCUT2D eigenvalue weighted by Gasteiger charge is -2.15. The molecule has 3 nitrogen and oxygen atoms in total. The number of halogens is 2. The van der Waals surface area contributed by atoms with Crippen LogP contribution in [0.3, 0.4) is 0 Å². The maximum Gasteiger partial charge on any atom is 0.294 e. The van der Waals surface area contributed by atoms with E-state index in [1.54, 1.807) is 0 Å². The van der Waals surface area contributed by atoms with Crippen LogP contribution < -0.4 is 4.90 Å². The number of carbonyl (C=O) groups is 2. The summed E-state index contributed by atoms with van der Waals surface area (Å²) in [5.41, 5.74) is 0.107. The van der Waals surface area contributed by atoms with Gasteiger partial charge >= 0.3 is 0 Å². The summed E-state index contributed by atoms with van der Waals surface area (Å²) >= 11 is 5.58. The number of ketones is 1. The lowest BCUT2D eigenvalue weighted by Crippen LogP contribution is -2.27. The largest absolute Gasteiger partial charge is 0.303 e. The molecule has 0 N–H and O–H groups in total. The smallest absolute Gasteiger partial charge is 0.294 e. The fourth-order valence-electron chi connectivity index (χ4n) is 1.50. The molecule has 0 atom stereocenters. The van der Waals surface area contributed by atoms with Crippen molar-refractivity contribution in [3.05, 3.63) is 29.0 Å². The van der Waals surface area contributed by atoms with Crippen LogP contribution in [0, 0.1) is 5.82 Å². The van der Waals surface area contributed by atoms with E-state index < -0.39 is 17.5 Å². The number of rotatable bonds is 1. The monoisotopic (exact) mass is 227 g/mol. The van der Waals surface area contributed by atoms with E-state index in [0.717, 1.165) is 11.0 Å². The van der Waals surface area contributed by atoms with E-state index in [0.29, 0.717) is 0 Å². The van der Waals surface area contributed by atoms with Crippen molar-refractivity contribution >= 4 is 29.0 Å². The number of benzene rings is 1. The number of hydrogen-bond acceptors (Lipinski definition) is 2. The molecular formula is C10H7ClFNO2. The Bertz CT molecular complexity index is 447. The van der Waals surface area contributed by atoms with Crippen LogP contribution in [0.5, 0.6) is 0 Å². The molecule has 0 radical (unpaired) electrons. The third-order valence-corrected chi connectivity index (χ3v) is 2.48. The van der Waals surface area contributed by atoms with Gasteiger partial charge in [-0.2, -0.15) is 0 Å². The topological polar surface area (TPSA) is 37.4 Å². The molecule has 0 aliphatic carbocycles. The van der Waals surface area contributed by atoms with Crippen molar-refractivity contribution in [2.24, 2.45) is 0 Å². The SMILES string of the molecule is O=C1CCN(c2ccc(Cl)cc2F)C1=O. The second kappa shape index (κ2) is 3.62. The van der Waals surface area contributed by atoms with E-state index in [1.165, 1.54) is 12.1 Å². The molecule has 1 aliphatic rings. The Balaban J connectivity index is 2.38. The van der Waals surface area contributed by atoms with Crippen LogP contribution in [0.1, 0.15) is 6.42 Å². The molecule has 1 amide bonds. The highest BCUT2D eigenvalue weighted by molar-refractivity contribution is 6.43. The summed E-state index contributed by atoms with van der Waals surface area (Å²) in [6, 6.07) is 4.00. The van der Waals surface area contributed by atoms with Crippen LogP contribution in [0.4, 0.5) is 10.1 Å². The highest BCUT2D eigenvalue weighted by atomic mass is 35.5. The fraction of sp³-hybridized carbons (Fsp3) is 0.200. The van der Waals surface area contributed by atoms with E-state index >= 15 is 0 Å². The van der Waals surface area contributed by atoms with Gasteiger partial charge in [-0.3, -0.25) is 9.59 Å². The number of hydrogen-bond donors (Lipinski definition) is 0. The van der Waals surface area contributed by atoms with Gasteiger partial charge in [0, 0.05) is 18.0 Å². The van der Waals surface area contributed by atoms with E-state index in [-0.39, 0.29) is 23.7 Å². The van der Waals surface area contributed by atoms with Gasteiger partial charge in [0.1, 0.15) is 5.82 Å². The molecule has 78 valence electrons. The van der Waals surface area contributed by atoms with E-state index in [2.05, 4.69) is 0 Å². The lowest BCUT2D eigenvalue weighted by molar-refractivity contribution is -0.133. The van der Waals surface area contributed by atoms with Crippen molar-refractivity contribution in [3.8, 4) is 0 Å². The molecule has 1 fully saturated rings. The van der Waals surface area contributed by atoms with Gasteiger partial charge in [0.05, 0.1) is 5.69 Å². The zero-order chi connectivity index (χ0) is 11.0. The number of nitrogens with zero attached hydrogens (tertiary/aromatic N) is 1. The summed E-state index contributed by atoms with van der Waals surface area (Å²) in [5.74, 6) is -1.73. The van der Waals surface area contributed by atoms with Crippen molar-refractivity contribution in [2.45, 2.75) is 6.42 Å². The van der Waals surface area contributed by atoms with Crippen molar-refractivity contribution in [2.75, 3.05) is 11.4 Å². The molecule has 1 saturated heterocycles. The van der Waals surface area contributed by atoms with Gasteiger partial charge in [0.25, 0.3) is 5.91 Å². The van der Waals surface area contributed by atoms with Crippen molar-refractivity contribution in [1.29, 1.82) is 0 Å². The fourth-order valence-corrected chi connectivity index (χ4v) is 1.66. The summed E-state index contributed by atoms with van der Waals surface area (Å²) < 4.78 is 13.4. The van der Waals surface area contributed by atoms with Crippen LogP contribution in [-0.2, 0) is 9.59 Å². The Morgan fingerprint density at radius 3 is 2.60 bits per heavy atom. The van der Waals surface area contributed by atoms with Gasteiger partial charge in [-0.1, -0.05) is 11.6 Å². The molecule has 0 saturated carbocycles. The molecule has 0 bridgehead atoms. The normalized spacial score (nSPS) is 16.3. The minimum Gasteiger partial charge on any atom is -0.303 e. The molecule has 1 aliphatic heterocycles. The molecule has 1 heterocycles. The summed E-state index contributed by atoms with van der Waals surface area (Å²) in [7, 11) is 0. The van der Waals surface area contributed by atoms with Gasteiger partial charge in [-0.25, -0.2) is 4.39 Å². The molecule has 1 aromatic carbocycles. The van der Waals surface area contributed by atoms with Gasteiger partial charge in [0.15, 0.2) is 0 Å². The molecule has 2 rings (SSSR count). The van der Waals surface area contributed by atoms with E-state index in [1.807, 2.05) is 0 Å². The zero-order valence-corrected chi connectivity index (χ0v) is 8.42. The van der Waals surface area contributed by atoms with Gasteiger partial charge in [-0.05, 0) is 18.2 Å². The van der Waals surface area contributed by atoms with Crippen LogP contribution in [0.2, 0.25) is 5.02 Å². The number of Topliss-reactive ketones (excluding diaryl/α,β-unsaturated/α-hetero) is 1. The third-order valence-electron chi connectivity index (χ3n) is 2.25. The molecule has 5 heteroatoms. The Labute approximate surface area is 90.4 Å². The minimum absolute atomic E-state index is 0.107. The lowest BCUT2D eigenvalue weighted by atomic mass is 10.3. The first-order chi connectivity index (χ1) is 7.09. The maximum atomic E-state index is 13.4. The highest BCUT2D eigenvalue weighted by Crippen LogP contribution is 2.25. The zero-order valence-electron chi connectivity index (χ0n) is 7.67. The summed E-state index contributed by atoms with van der Waals surface area (Å²) in [6.07, 6.45) is 0.140. The molecule has 1 aromatic rings. The van der Waals surface area contributed by atoms with Crippen LogP contribution >= 0.6 is 11.6 Å². The number of amides is 1. The van der Waals surface area contributed by atoms with Crippen molar-refractivity contribution in [3.63, 3.8) is 0 Å². The molecule has 0 aromatic heterocycles. The predicted molar refractivity (Wildman–Crippen MR) is 53.4 cm³/mol. The average Bonchev–Trinajstić information content (AvgIpc) is 2.49. The Kier molecular flexibility index (Phi) is 2.44. The quantitative estimate of drug-likeness (QED) is 0.686. The summed E-state index contributed by atoms with van der Waals surface area (Å²) in [4.78, 5) is 23.4. The predicted octanol–water partition coefficient (Wildman–Crippen LogP) is 1.78. The number of anilines is 1. The van der Waals surface area contributed by atoms with Crippen molar-refractivity contribution < 1.29 is 14.0 Å².